The van der Waals surface area contributed by atoms with Crippen LogP contribution in [0.3, 0.4) is 0 Å². The van der Waals surface area contributed by atoms with Gasteiger partial charge < -0.3 is 4.79 Å². The summed E-state index contributed by atoms with van der Waals surface area (Å²) in [5.41, 5.74) is 0. The Kier molecular flexibility index (Phi) is 29.8. The van der Waals surface area contributed by atoms with Gasteiger partial charge in [0.25, 0.3) is 0 Å². The molecule has 0 radical (unpaired) electrons. The topological polar surface area (TPSA) is 17.1 Å². The van der Waals surface area contributed by atoms with Crippen LogP contribution in [-0.4, -0.2) is 65.4 Å². The van der Waals surface area contributed by atoms with Crippen LogP contribution in [0.2, 0.25) is 0 Å². The van der Waals surface area contributed by atoms with E-state index in [2.05, 4.69) is 6.92 Å². The fraction of sp³-hybridized carbons (Fsp3) is 0.900. The molecule has 0 aromatic rings. The average Bonchev–Trinajstić information content (AvgIpc) is 2.03. The molecule has 0 amide bonds. The number of rotatable bonds is 8. The first-order valence-corrected chi connectivity index (χ1v) is 4.85. The molecule has 1 nitrogen and oxygen atoms in total. The van der Waals surface area contributed by atoms with E-state index in [0.717, 1.165) is 19.1 Å². The summed E-state index contributed by atoms with van der Waals surface area (Å²) in [6, 6.07) is 0. The molecule has 0 N–H and O–H groups in total. The van der Waals surface area contributed by atoms with Crippen molar-refractivity contribution in [2.24, 2.45) is 0 Å². The molecule has 0 aliphatic rings. The Morgan fingerprint density at radius 3 is 1.77 bits per heavy atom. The summed E-state index contributed by atoms with van der Waals surface area (Å²) in [5.74, 6) is 0. The molecule has 0 unspecified atom stereocenters. The molecule has 0 atom stereocenters. The van der Waals surface area contributed by atoms with Gasteiger partial charge in [-0.3, -0.25) is 0 Å². The first-order valence-electron chi connectivity index (χ1n) is 4.85. The minimum absolute atomic E-state index is 0. The van der Waals surface area contributed by atoms with Crippen molar-refractivity contribution in [3.8, 4) is 0 Å². The number of aldehydes is 1. The SMILES string of the molecule is CCCCCCCCCC=O.[NaH].[NaH]. The maximum absolute atomic E-state index is 9.94. The molecule has 13 heavy (non-hydrogen) atoms. The van der Waals surface area contributed by atoms with Crippen LogP contribution in [0, 0.1) is 0 Å². The maximum atomic E-state index is 9.94. The van der Waals surface area contributed by atoms with Gasteiger partial charge in [-0.2, -0.15) is 0 Å². The fourth-order valence-electron chi connectivity index (χ4n) is 1.18. The van der Waals surface area contributed by atoms with Crippen molar-refractivity contribution < 1.29 is 4.79 Å². The third kappa shape index (κ3) is 19.9. The molecule has 0 aliphatic heterocycles. The van der Waals surface area contributed by atoms with E-state index in [1.54, 1.807) is 0 Å². The normalized spacial score (nSPS) is 8.38. The summed E-state index contributed by atoms with van der Waals surface area (Å²) in [6.07, 6.45) is 10.8. The molecular weight excluding hydrogens is 182 g/mol. The summed E-state index contributed by atoms with van der Waals surface area (Å²) in [7, 11) is 0. The molecule has 0 spiro atoms. The van der Waals surface area contributed by atoms with Crippen LogP contribution in [0.25, 0.3) is 0 Å². The van der Waals surface area contributed by atoms with Crippen molar-refractivity contribution in [3.63, 3.8) is 0 Å². The Labute approximate surface area is 127 Å². The quantitative estimate of drug-likeness (QED) is 0.336. The zero-order chi connectivity index (χ0) is 8.36. The van der Waals surface area contributed by atoms with E-state index < -0.39 is 0 Å². The first kappa shape index (κ1) is 20.1. The first-order chi connectivity index (χ1) is 5.41. The molecular formula is C10H22Na2O. The summed E-state index contributed by atoms with van der Waals surface area (Å²) in [4.78, 5) is 9.94. The van der Waals surface area contributed by atoms with Gasteiger partial charge in [0.15, 0.2) is 0 Å². The van der Waals surface area contributed by atoms with Gasteiger partial charge >= 0.3 is 59.1 Å². The van der Waals surface area contributed by atoms with Gasteiger partial charge in [-0.05, 0) is 6.42 Å². The minimum atomic E-state index is 0. The Bertz CT molecular complexity index is 87.0. The third-order valence-corrected chi connectivity index (χ3v) is 1.93. The van der Waals surface area contributed by atoms with Gasteiger partial charge in [0.05, 0.1) is 0 Å². The Morgan fingerprint density at radius 2 is 1.31 bits per heavy atom. The Hall–Kier alpha value is 1.67. The molecule has 0 fully saturated rings. The van der Waals surface area contributed by atoms with E-state index in [1.165, 1.54) is 38.5 Å². The fourth-order valence-corrected chi connectivity index (χ4v) is 1.18. The molecule has 0 bridgehead atoms. The van der Waals surface area contributed by atoms with Gasteiger partial charge in [0.2, 0.25) is 0 Å². The van der Waals surface area contributed by atoms with Gasteiger partial charge in [-0.25, -0.2) is 0 Å². The second kappa shape index (κ2) is 19.3. The predicted molar refractivity (Wildman–Crippen MR) is 63.0 cm³/mol. The zero-order valence-electron chi connectivity index (χ0n) is 7.64. The van der Waals surface area contributed by atoms with Gasteiger partial charge in [-0.1, -0.05) is 45.4 Å². The van der Waals surface area contributed by atoms with Crippen LogP contribution in [0.4, 0.5) is 0 Å². The van der Waals surface area contributed by atoms with Crippen molar-refractivity contribution in [3.05, 3.63) is 0 Å². The number of unbranched alkanes of at least 4 members (excludes halogenated alkanes) is 7. The van der Waals surface area contributed by atoms with Gasteiger partial charge in [0, 0.05) is 6.42 Å². The monoisotopic (exact) mass is 204 g/mol. The molecule has 0 heterocycles. The molecule has 0 rings (SSSR count). The molecule has 0 aliphatic carbocycles. The molecule has 0 aromatic carbocycles. The molecule has 3 heteroatoms. The summed E-state index contributed by atoms with van der Waals surface area (Å²) in [6.45, 7) is 2.23. The van der Waals surface area contributed by atoms with E-state index in [1.807, 2.05) is 0 Å². The second-order valence-electron chi connectivity index (χ2n) is 3.08. The Morgan fingerprint density at radius 1 is 0.846 bits per heavy atom. The zero-order valence-corrected chi connectivity index (χ0v) is 7.64. The van der Waals surface area contributed by atoms with Crippen LogP contribution in [0.1, 0.15) is 58.3 Å². The van der Waals surface area contributed by atoms with Crippen LogP contribution in [0.5, 0.6) is 0 Å². The Balaban J connectivity index is -0.000000500. The van der Waals surface area contributed by atoms with Crippen LogP contribution in [0.15, 0.2) is 0 Å². The van der Waals surface area contributed by atoms with Gasteiger partial charge in [-0.15, -0.1) is 0 Å². The van der Waals surface area contributed by atoms with Crippen LogP contribution < -0.4 is 0 Å². The van der Waals surface area contributed by atoms with Crippen LogP contribution >= 0.6 is 0 Å². The summed E-state index contributed by atoms with van der Waals surface area (Å²) in [5, 5.41) is 0. The predicted octanol–water partition coefficient (Wildman–Crippen LogP) is 2.03. The van der Waals surface area contributed by atoms with Crippen LogP contribution in [-0.2, 0) is 4.79 Å². The number of hydrogen-bond donors (Lipinski definition) is 0. The van der Waals surface area contributed by atoms with E-state index in [4.69, 9.17) is 0 Å². The van der Waals surface area contributed by atoms with Crippen molar-refractivity contribution in [1.29, 1.82) is 0 Å². The van der Waals surface area contributed by atoms with Crippen molar-refractivity contribution in [2.75, 3.05) is 0 Å². The van der Waals surface area contributed by atoms with Gasteiger partial charge in [0.1, 0.15) is 6.29 Å². The second-order valence-corrected chi connectivity index (χ2v) is 3.08. The van der Waals surface area contributed by atoms with Crippen molar-refractivity contribution >= 4 is 65.4 Å². The van der Waals surface area contributed by atoms with Crippen molar-refractivity contribution in [2.45, 2.75) is 58.3 Å². The van der Waals surface area contributed by atoms with E-state index in [9.17, 15) is 4.79 Å². The molecule has 0 aromatic heterocycles. The number of carbonyl (C=O) groups excluding carboxylic acids is 1. The standard InChI is InChI=1S/C10H20O.2Na.2H/c1-2-3-4-5-6-7-8-9-10-11;;;;/h10H,2-9H2,1H3;;;;. The van der Waals surface area contributed by atoms with E-state index in [-0.39, 0.29) is 59.1 Å². The molecule has 0 saturated heterocycles. The molecule has 70 valence electrons. The van der Waals surface area contributed by atoms with Crippen molar-refractivity contribution in [1.82, 2.24) is 0 Å². The molecule has 0 saturated carbocycles. The van der Waals surface area contributed by atoms with E-state index in [0.29, 0.717) is 0 Å². The third-order valence-electron chi connectivity index (χ3n) is 1.93. The van der Waals surface area contributed by atoms with E-state index >= 15 is 0 Å². The summed E-state index contributed by atoms with van der Waals surface area (Å²) >= 11 is 0. The number of hydrogen-bond acceptors (Lipinski definition) is 1. The summed E-state index contributed by atoms with van der Waals surface area (Å²) < 4.78 is 0. The average molecular weight is 204 g/mol. The number of carbonyl (C=O) groups is 1.